The number of carbonyl (C=O) groups excluding carboxylic acids is 1. The lowest BCUT2D eigenvalue weighted by Crippen LogP contribution is -2.14. The van der Waals surface area contributed by atoms with E-state index in [1.807, 2.05) is 42.5 Å². The molecular formula is C22H16N6O2. The molecule has 0 aliphatic rings. The average molecular weight is 396 g/mol. The number of nitrogens with two attached hydrogens (primary N) is 1. The highest BCUT2D eigenvalue weighted by atomic mass is 16.3. The van der Waals surface area contributed by atoms with E-state index in [-0.39, 0.29) is 17.3 Å². The van der Waals surface area contributed by atoms with Crippen LogP contribution in [0.25, 0.3) is 22.2 Å². The van der Waals surface area contributed by atoms with Gasteiger partial charge in [-0.2, -0.15) is 9.78 Å². The maximum Gasteiger partial charge on any atom is 0.261 e. The zero-order valence-electron chi connectivity index (χ0n) is 15.7. The first-order chi connectivity index (χ1) is 14.7. The van der Waals surface area contributed by atoms with Gasteiger partial charge in [0.1, 0.15) is 22.7 Å². The molecule has 146 valence electrons. The molecule has 0 saturated heterocycles. The highest BCUT2D eigenvalue weighted by Crippen LogP contribution is 2.28. The number of amides is 1. The minimum Gasteiger partial charge on any atom is -0.463 e. The van der Waals surface area contributed by atoms with Crippen LogP contribution < -0.4 is 11.1 Å². The summed E-state index contributed by atoms with van der Waals surface area (Å²) in [6, 6.07) is 20.1. The van der Waals surface area contributed by atoms with Crippen LogP contribution >= 0.6 is 0 Å². The van der Waals surface area contributed by atoms with E-state index in [9.17, 15) is 4.79 Å². The predicted octanol–water partition coefficient (Wildman–Crippen LogP) is 3.89. The van der Waals surface area contributed by atoms with Crippen molar-refractivity contribution in [1.82, 2.24) is 14.6 Å². The summed E-state index contributed by atoms with van der Waals surface area (Å²) in [4.78, 5) is 22.4. The number of anilines is 2. The standard InChI is InChI=1S/C22H16N6O2/c23-20-18(22(29)25-14-7-2-1-3-8-14)19-21(27-17-11-5-4-10-16(17)26-19)28(20)24-13-15-9-6-12-30-15/h1-13H,23H2,(H,25,29)/b24-13-. The fourth-order valence-corrected chi connectivity index (χ4v) is 3.18. The Hall–Kier alpha value is -4.46. The average Bonchev–Trinajstić information content (AvgIpc) is 3.37. The number of benzene rings is 2. The lowest BCUT2D eigenvalue weighted by Gasteiger charge is -2.05. The van der Waals surface area contributed by atoms with Crippen LogP contribution in [0.1, 0.15) is 16.1 Å². The number of para-hydroxylation sites is 3. The summed E-state index contributed by atoms with van der Waals surface area (Å²) < 4.78 is 6.69. The van der Waals surface area contributed by atoms with Crippen LogP contribution in [0, 0.1) is 0 Å². The lowest BCUT2D eigenvalue weighted by atomic mass is 10.2. The zero-order valence-corrected chi connectivity index (χ0v) is 15.7. The maximum atomic E-state index is 13.1. The van der Waals surface area contributed by atoms with Crippen molar-refractivity contribution in [3.05, 3.63) is 84.3 Å². The number of aromatic nitrogens is 3. The van der Waals surface area contributed by atoms with E-state index < -0.39 is 0 Å². The molecule has 1 amide bonds. The number of carbonyl (C=O) groups is 1. The molecule has 0 aliphatic heterocycles. The van der Waals surface area contributed by atoms with Crippen LogP contribution in [0.2, 0.25) is 0 Å². The molecule has 8 nitrogen and oxygen atoms in total. The summed E-state index contributed by atoms with van der Waals surface area (Å²) in [5.74, 6) is 0.289. The van der Waals surface area contributed by atoms with Gasteiger partial charge in [0.05, 0.1) is 23.5 Å². The molecule has 3 N–H and O–H groups in total. The molecule has 2 aromatic carbocycles. The number of furan rings is 1. The van der Waals surface area contributed by atoms with Gasteiger partial charge in [0.15, 0.2) is 5.65 Å². The largest absolute Gasteiger partial charge is 0.463 e. The molecule has 0 spiro atoms. The van der Waals surface area contributed by atoms with E-state index in [1.54, 1.807) is 30.5 Å². The monoisotopic (exact) mass is 396 g/mol. The summed E-state index contributed by atoms with van der Waals surface area (Å²) >= 11 is 0. The molecule has 0 unspecified atom stereocenters. The van der Waals surface area contributed by atoms with Crippen LogP contribution in [0.4, 0.5) is 11.5 Å². The van der Waals surface area contributed by atoms with Gasteiger partial charge in [-0.05, 0) is 36.4 Å². The second-order valence-corrected chi connectivity index (χ2v) is 6.54. The Balaban J connectivity index is 1.69. The number of hydrogen-bond donors (Lipinski definition) is 2. The molecule has 5 rings (SSSR count). The van der Waals surface area contributed by atoms with Crippen LogP contribution in [0.15, 0.2) is 82.5 Å². The van der Waals surface area contributed by atoms with E-state index in [4.69, 9.17) is 10.2 Å². The van der Waals surface area contributed by atoms with E-state index in [1.165, 1.54) is 10.9 Å². The number of hydrogen-bond acceptors (Lipinski definition) is 6. The van der Waals surface area contributed by atoms with Crippen molar-refractivity contribution in [1.29, 1.82) is 0 Å². The summed E-state index contributed by atoms with van der Waals surface area (Å²) in [5, 5.41) is 7.24. The molecule has 3 aromatic heterocycles. The third kappa shape index (κ3) is 3.06. The molecule has 0 bridgehead atoms. The molecule has 0 aliphatic carbocycles. The first-order valence-electron chi connectivity index (χ1n) is 9.21. The first kappa shape index (κ1) is 17.6. The Morgan fingerprint density at radius 3 is 2.47 bits per heavy atom. The third-order valence-corrected chi connectivity index (χ3v) is 4.58. The number of nitrogens with one attached hydrogen (secondary N) is 1. The quantitative estimate of drug-likeness (QED) is 0.448. The predicted molar refractivity (Wildman–Crippen MR) is 116 cm³/mol. The van der Waals surface area contributed by atoms with Gasteiger partial charge in [-0.3, -0.25) is 4.79 Å². The van der Waals surface area contributed by atoms with E-state index in [2.05, 4.69) is 20.4 Å². The van der Waals surface area contributed by atoms with Gasteiger partial charge in [-0.15, -0.1) is 0 Å². The highest BCUT2D eigenvalue weighted by Gasteiger charge is 2.24. The Kier molecular flexibility index (Phi) is 4.21. The topological polar surface area (TPSA) is 111 Å². The van der Waals surface area contributed by atoms with Crippen LogP contribution in [0.3, 0.4) is 0 Å². The van der Waals surface area contributed by atoms with Gasteiger partial charge in [0.25, 0.3) is 5.91 Å². The molecule has 30 heavy (non-hydrogen) atoms. The fraction of sp³-hybridized carbons (Fsp3) is 0. The minimum atomic E-state index is -0.389. The third-order valence-electron chi connectivity index (χ3n) is 4.58. The Bertz CT molecular complexity index is 1390. The Labute approximate surface area is 170 Å². The first-order valence-corrected chi connectivity index (χ1v) is 9.21. The van der Waals surface area contributed by atoms with Crippen LogP contribution in [-0.4, -0.2) is 26.8 Å². The van der Waals surface area contributed by atoms with Crippen molar-refractivity contribution in [3.63, 3.8) is 0 Å². The lowest BCUT2D eigenvalue weighted by molar-refractivity contribution is 0.102. The summed E-state index contributed by atoms with van der Waals surface area (Å²) in [5.41, 5.74) is 9.30. The number of fused-ring (bicyclic) bond motifs is 2. The number of nitrogen functional groups attached to an aromatic ring is 1. The SMILES string of the molecule is Nc1c(C(=O)Nc2ccccc2)c2nc3ccccc3nc2n1/N=C\c1ccco1. The molecule has 0 radical (unpaired) electrons. The van der Waals surface area contributed by atoms with Crippen molar-refractivity contribution >= 4 is 45.8 Å². The molecule has 0 saturated carbocycles. The molecule has 0 fully saturated rings. The summed E-state index contributed by atoms with van der Waals surface area (Å²) in [6.45, 7) is 0. The molecule has 5 aromatic rings. The van der Waals surface area contributed by atoms with Gasteiger partial charge in [-0.1, -0.05) is 30.3 Å². The molecular weight excluding hydrogens is 380 g/mol. The van der Waals surface area contributed by atoms with Crippen molar-refractivity contribution in [2.45, 2.75) is 0 Å². The zero-order chi connectivity index (χ0) is 20.5. The normalized spacial score (nSPS) is 11.5. The van der Waals surface area contributed by atoms with Gasteiger partial charge < -0.3 is 15.5 Å². The van der Waals surface area contributed by atoms with Gasteiger partial charge in [-0.25, -0.2) is 9.97 Å². The van der Waals surface area contributed by atoms with Crippen LogP contribution in [0.5, 0.6) is 0 Å². The smallest absolute Gasteiger partial charge is 0.261 e. The van der Waals surface area contributed by atoms with Crippen molar-refractivity contribution in [2.24, 2.45) is 5.10 Å². The summed E-state index contributed by atoms with van der Waals surface area (Å²) in [7, 11) is 0. The second-order valence-electron chi connectivity index (χ2n) is 6.54. The highest BCUT2D eigenvalue weighted by molar-refractivity contribution is 6.16. The van der Waals surface area contributed by atoms with Gasteiger partial charge >= 0.3 is 0 Å². The molecule has 0 atom stereocenters. The number of rotatable bonds is 4. The van der Waals surface area contributed by atoms with E-state index >= 15 is 0 Å². The second kappa shape index (κ2) is 7.17. The Morgan fingerprint density at radius 1 is 1.00 bits per heavy atom. The van der Waals surface area contributed by atoms with Gasteiger partial charge in [0, 0.05) is 5.69 Å². The fourth-order valence-electron chi connectivity index (χ4n) is 3.18. The molecule has 3 heterocycles. The minimum absolute atomic E-state index is 0.136. The van der Waals surface area contributed by atoms with Gasteiger partial charge in [0.2, 0.25) is 0 Å². The number of nitrogens with zero attached hydrogens (tertiary/aromatic N) is 4. The van der Waals surface area contributed by atoms with Crippen molar-refractivity contribution < 1.29 is 9.21 Å². The van der Waals surface area contributed by atoms with E-state index in [0.717, 1.165) is 0 Å². The van der Waals surface area contributed by atoms with E-state index in [0.29, 0.717) is 33.6 Å². The van der Waals surface area contributed by atoms with Crippen molar-refractivity contribution in [2.75, 3.05) is 11.1 Å². The summed E-state index contributed by atoms with van der Waals surface area (Å²) in [6.07, 6.45) is 3.05. The molecule has 8 heteroatoms. The van der Waals surface area contributed by atoms with Crippen LogP contribution in [-0.2, 0) is 0 Å². The Morgan fingerprint density at radius 2 is 1.73 bits per heavy atom. The van der Waals surface area contributed by atoms with Crippen molar-refractivity contribution in [3.8, 4) is 0 Å². The maximum absolute atomic E-state index is 13.1.